The van der Waals surface area contributed by atoms with Gasteiger partial charge in [0.1, 0.15) is 5.78 Å². The highest BCUT2D eigenvalue weighted by Gasteiger charge is 2.08. The van der Waals surface area contributed by atoms with Gasteiger partial charge in [-0.3, -0.25) is 4.79 Å². The molecule has 0 aromatic rings. The molecule has 0 saturated carbocycles. The Morgan fingerprint density at radius 2 is 1.77 bits per heavy atom. The van der Waals surface area contributed by atoms with Gasteiger partial charge in [0.2, 0.25) is 0 Å². The molecule has 0 saturated heterocycles. The summed E-state index contributed by atoms with van der Waals surface area (Å²) in [6.07, 6.45) is 5.01. The highest BCUT2D eigenvalue weighted by atomic mass is 16.1. The second-order valence-corrected chi connectivity index (χ2v) is 4.57. The number of hydrogen-bond acceptors (Lipinski definition) is 1. The Labute approximate surface area is 82.9 Å². The number of hydrogen-bond donors (Lipinski definition) is 0. The van der Waals surface area contributed by atoms with Crippen molar-refractivity contribution in [2.24, 2.45) is 11.8 Å². The van der Waals surface area contributed by atoms with Crippen LogP contribution in [0.2, 0.25) is 0 Å². The quantitative estimate of drug-likeness (QED) is 0.588. The van der Waals surface area contributed by atoms with Gasteiger partial charge in [-0.05, 0) is 18.3 Å². The van der Waals surface area contributed by atoms with Crippen molar-refractivity contribution in [2.75, 3.05) is 0 Å². The van der Waals surface area contributed by atoms with E-state index in [1.807, 2.05) is 0 Å². The molecule has 0 fully saturated rings. The summed E-state index contributed by atoms with van der Waals surface area (Å²) in [7, 11) is 0. The van der Waals surface area contributed by atoms with E-state index in [9.17, 15) is 4.79 Å². The van der Waals surface area contributed by atoms with Gasteiger partial charge in [-0.2, -0.15) is 0 Å². The topological polar surface area (TPSA) is 17.1 Å². The zero-order valence-corrected chi connectivity index (χ0v) is 9.60. The van der Waals surface area contributed by atoms with Crippen LogP contribution < -0.4 is 0 Å². The SMILES string of the molecule is CCCC(C)CC(=O)CCC(C)C. The molecule has 0 aromatic heterocycles. The molecule has 0 amide bonds. The molecule has 0 radical (unpaired) electrons. The maximum Gasteiger partial charge on any atom is 0.133 e. The van der Waals surface area contributed by atoms with Crippen molar-refractivity contribution in [3.8, 4) is 0 Å². The average molecular weight is 184 g/mol. The van der Waals surface area contributed by atoms with Crippen LogP contribution >= 0.6 is 0 Å². The molecule has 1 heteroatoms. The number of rotatable bonds is 7. The van der Waals surface area contributed by atoms with Gasteiger partial charge < -0.3 is 0 Å². The normalized spacial score (nSPS) is 13.3. The smallest absolute Gasteiger partial charge is 0.133 e. The zero-order chi connectivity index (χ0) is 10.3. The van der Waals surface area contributed by atoms with Gasteiger partial charge >= 0.3 is 0 Å². The lowest BCUT2D eigenvalue weighted by atomic mass is 9.96. The van der Waals surface area contributed by atoms with Crippen LogP contribution in [0.1, 0.15) is 59.8 Å². The minimum Gasteiger partial charge on any atom is -0.300 e. The molecule has 1 unspecified atom stereocenters. The molecular formula is C12H24O. The van der Waals surface area contributed by atoms with Crippen LogP contribution in [-0.2, 0) is 4.79 Å². The fourth-order valence-corrected chi connectivity index (χ4v) is 1.54. The molecule has 78 valence electrons. The van der Waals surface area contributed by atoms with Crippen molar-refractivity contribution in [3.05, 3.63) is 0 Å². The van der Waals surface area contributed by atoms with E-state index in [-0.39, 0.29) is 0 Å². The van der Waals surface area contributed by atoms with Crippen LogP contribution in [-0.4, -0.2) is 5.78 Å². The molecule has 0 rings (SSSR count). The Kier molecular flexibility index (Phi) is 6.93. The fourth-order valence-electron chi connectivity index (χ4n) is 1.54. The Bertz CT molecular complexity index is 138. The molecule has 1 atom stereocenters. The van der Waals surface area contributed by atoms with E-state index < -0.39 is 0 Å². The van der Waals surface area contributed by atoms with Crippen LogP contribution in [0.4, 0.5) is 0 Å². The molecule has 0 aliphatic heterocycles. The van der Waals surface area contributed by atoms with Gasteiger partial charge in [-0.1, -0.05) is 40.5 Å². The highest BCUT2D eigenvalue weighted by molar-refractivity contribution is 5.78. The van der Waals surface area contributed by atoms with E-state index in [1.165, 1.54) is 12.8 Å². The molecule has 0 heterocycles. The second kappa shape index (κ2) is 7.11. The Hall–Kier alpha value is -0.330. The van der Waals surface area contributed by atoms with Gasteiger partial charge in [0.25, 0.3) is 0 Å². The predicted molar refractivity (Wildman–Crippen MR) is 57.8 cm³/mol. The van der Waals surface area contributed by atoms with Gasteiger partial charge in [-0.15, -0.1) is 0 Å². The van der Waals surface area contributed by atoms with E-state index in [0.29, 0.717) is 17.6 Å². The van der Waals surface area contributed by atoms with Crippen LogP contribution in [0.15, 0.2) is 0 Å². The van der Waals surface area contributed by atoms with E-state index >= 15 is 0 Å². The van der Waals surface area contributed by atoms with Crippen molar-refractivity contribution in [2.45, 2.75) is 59.8 Å². The molecule has 1 nitrogen and oxygen atoms in total. The standard InChI is InChI=1S/C12H24O/c1-5-6-11(4)9-12(13)8-7-10(2)3/h10-11H,5-9H2,1-4H3. The van der Waals surface area contributed by atoms with Gasteiger partial charge in [0.05, 0.1) is 0 Å². The van der Waals surface area contributed by atoms with E-state index in [2.05, 4.69) is 27.7 Å². The first-order valence-electron chi connectivity index (χ1n) is 5.58. The maximum atomic E-state index is 11.4. The third-order valence-corrected chi connectivity index (χ3v) is 2.36. The molecule has 0 spiro atoms. The Morgan fingerprint density at radius 3 is 2.23 bits per heavy atom. The van der Waals surface area contributed by atoms with Crippen LogP contribution in [0, 0.1) is 11.8 Å². The van der Waals surface area contributed by atoms with E-state index in [0.717, 1.165) is 19.3 Å². The zero-order valence-electron chi connectivity index (χ0n) is 9.60. The van der Waals surface area contributed by atoms with Crippen LogP contribution in [0.5, 0.6) is 0 Å². The third kappa shape index (κ3) is 8.01. The lowest BCUT2D eigenvalue weighted by Crippen LogP contribution is -2.06. The first-order chi connectivity index (χ1) is 6.06. The maximum absolute atomic E-state index is 11.4. The molecular weight excluding hydrogens is 160 g/mol. The largest absolute Gasteiger partial charge is 0.300 e. The monoisotopic (exact) mass is 184 g/mol. The summed E-state index contributed by atoms with van der Waals surface area (Å²) in [5.41, 5.74) is 0. The van der Waals surface area contributed by atoms with Gasteiger partial charge in [0, 0.05) is 12.8 Å². The minimum absolute atomic E-state index is 0.453. The Balaban J connectivity index is 3.50. The second-order valence-electron chi connectivity index (χ2n) is 4.57. The first-order valence-corrected chi connectivity index (χ1v) is 5.58. The van der Waals surface area contributed by atoms with Crippen molar-refractivity contribution in [1.29, 1.82) is 0 Å². The summed E-state index contributed by atoms with van der Waals surface area (Å²) in [5.74, 6) is 1.70. The van der Waals surface area contributed by atoms with Crippen molar-refractivity contribution in [1.82, 2.24) is 0 Å². The van der Waals surface area contributed by atoms with Crippen molar-refractivity contribution in [3.63, 3.8) is 0 Å². The van der Waals surface area contributed by atoms with Crippen molar-refractivity contribution < 1.29 is 4.79 Å². The lowest BCUT2D eigenvalue weighted by molar-refractivity contribution is -0.120. The molecule has 0 N–H and O–H groups in total. The molecule has 13 heavy (non-hydrogen) atoms. The summed E-state index contributed by atoms with van der Waals surface area (Å²) < 4.78 is 0. The average Bonchev–Trinajstić information content (AvgIpc) is 2.01. The van der Waals surface area contributed by atoms with Gasteiger partial charge in [-0.25, -0.2) is 0 Å². The van der Waals surface area contributed by atoms with Crippen LogP contribution in [0.25, 0.3) is 0 Å². The van der Waals surface area contributed by atoms with Gasteiger partial charge in [0.15, 0.2) is 0 Å². The summed E-state index contributed by atoms with van der Waals surface area (Å²) in [5, 5.41) is 0. The van der Waals surface area contributed by atoms with Crippen LogP contribution in [0.3, 0.4) is 0 Å². The summed E-state index contributed by atoms with van der Waals surface area (Å²) >= 11 is 0. The Morgan fingerprint density at radius 1 is 1.15 bits per heavy atom. The molecule has 0 aromatic carbocycles. The number of Topliss-reactive ketones (excluding diaryl/α,β-unsaturated/α-hetero) is 1. The summed E-state index contributed by atoms with van der Waals surface area (Å²) in [4.78, 5) is 11.4. The van der Waals surface area contributed by atoms with E-state index in [1.54, 1.807) is 0 Å². The highest BCUT2D eigenvalue weighted by Crippen LogP contribution is 2.13. The lowest BCUT2D eigenvalue weighted by Gasteiger charge is -2.09. The number of carbonyl (C=O) groups is 1. The van der Waals surface area contributed by atoms with Crippen molar-refractivity contribution >= 4 is 5.78 Å². The summed E-state index contributed by atoms with van der Waals surface area (Å²) in [6.45, 7) is 8.69. The number of carbonyl (C=O) groups excluding carboxylic acids is 1. The number of ketones is 1. The molecule has 0 aliphatic carbocycles. The third-order valence-electron chi connectivity index (χ3n) is 2.36. The summed E-state index contributed by atoms with van der Waals surface area (Å²) in [6, 6.07) is 0. The molecule has 0 aliphatic rings. The predicted octanol–water partition coefficient (Wildman–Crippen LogP) is 3.82. The van der Waals surface area contributed by atoms with E-state index in [4.69, 9.17) is 0 Å². The minimum atomic E-state index is 0.453. The first kappa shape index (κ1) is 12.7. The molecule has 0 bridgehead atoms. The fraction of sp³-hybridized carbons (Fsp3) is 0.917.